The lowest BCUT2D eigenvalue weighted by atomic mass is 10.0. The van der Waals surface area contributed by atoms with Gasteiger partial charge in [-0.1, -0.05) is 35.5 Å². The van der Waals surface area contributed by atoms with Gasteiger partial charge in [0.1, 0.15) is 6.29 Å². The van der Waals surface area contributed by atoms with Crippen molar-refractivity contribution in [2.24, 2.45) is 0 Å². The van der Waals surface area contributed by atoms with Gasteiger partial charge in [-0.05, 0) is 66.2 Å². The van der Waals surface area contributed by atoms with Crippen molar-refractivity contribution in [3.8, 4) is 0 Å². The Labute approximate surface area is 168 Å². The molecule has 0 aromatic heterocycles. The lowest BCUT2D eigenvalue weighted by molar-refractivity contribution is -0.134. The molecular formula is C24H42O3. The molecule has 0 rings (SSSR count). The van der Waals surface area contributed by atoms with Gasteiger partial charge in [-0.2, -0.15) is 0 Å². The van der Waals surface area contributed by atoms with E-state index in [1.165, 1.54) is 16.7 Å². The maximum absolute atomic E-state index is 10.0. The van der Waals surface area contributed by atoms with Crippen LogP contribution in [-0.2, 0) is 14.3 Å². The summed E-state index contributed by atoms with van der Waals surface area (Å²) in [5.41, 5.74) is 4.66. The molecule has 0 aromatic carbocycles. The normalized spacial score (nSPS) is 10.1. The van der Waals surface area contributed by atoms with E-state index in [9.17, 15) is 4.79 Å². The molecule has 0 radical (unpaired) electrons. The lowest BCUT2D eigenvalue weighted by Crippen LogP contribution is -2.17. The molecule has 0 fully saturated rings. The third kappa shape index (κ3) is 22.5. The van der Waals surface area contributed by atoms with Crippen molar-refractivity contribution in [3.05, 3.63) is 48.6 Å². The fraction of sp³-hybridized carbons (Fsp3) is 0.625. The fourth-order valence-electron chi connectivity index (χ4n) is 2.38. The molecule has 3 nitrogen and oxygen atoms in total. The van der Waals surface area contributed by atoms with Crippen molar-refractivity contribution < 1.29 is 14.3 Å². The third-order valence-electron chi connectivity index (χ3n) is 3.80. The molecule has 3 heteroatoms. The molecule has 0 amide bonds. The van der Waals surface area contributed by atoms with E-state index >= 15 is 0 Å². The second-order valence-corrected chi connectivity index (χ2v) is 7.04. The van der Waals surface area contributed by atoms with Crippen LogP contribution in [0.2, 0.25) is 0 Å². The van der Waals surface area contributed by atoms with Crippen molar-refractivity contribution in [2.75, 3.05) is 13.2 Å². The largest absolute Gasteiger partial charge is 0.353 e. The molecule has 0 aliphatic carbocycles. The van der Waals surface area contributed by atoms with E-state index in [0.29, 0.717) is 19.6 Å². The molecule has 0 saturated heterocycles. The van der Waals surface area contributed by atoms with Gasteiger partial charge in [0.15, 0.2) is 6.29 Å². The third-order valence-corrected chi connectivity index (χ3v) is 3.80. The number of hydrogen-bond donors (Lipinski definition) is 0. The highest BCUT2D eigenvalue weighted by Crippen LogP contribution is 2.16. The van der Waals surface area contributed by atoms with Crippen LogP contribution in [0.3, 0.4) is 0 Å². The summed E-state index contributed by atoms with van der Waals surface area (Å²) in [6, 6.07) is 0. The highest BCUT2D eigenvalue weighted by Gasteiger charge is 2.09. The van der Waals surface area contributed by atoms with Gasteiger partial charge in [0.2, 0.25) is 0 Å². The van der Waals surface area contributed by atoms with Crippen LogP contribution in [0.25, 0.3) is 0 Å². The molecule has 156 valence electrons. The molecule has 27 heavy (non-hydrogen) atoms. The van der Waals surface area contributed by atoms with Gasteiger partial charge < -0.3 is 14.3 Å². The Morgan fingerprint density at radius 1 is 0.815 bits per heavy atom. The Kier molecular flexibility index (Phi) is 19.9. The number of hydrogen-bond acceptors (Lipinski definition) is 3. The minimum absolute atomic E-state index is 0.118. The Bertz CT molecular complexity index is 443. The van der Waals surface area contributed by atoms with Crippen LogP contribution >= 0.6 is 0 Å². The van der Waals surface area contributed by atoms with E-state index in [1.807, 2.05) is 20.8 Å². The molecular weight excluding hydrogens is 336 g/mol. The van der Waals surface area contributed by atoms with Crippen LogP contribution in [0.5, 0.6) is 0 Å². The number of aldehydes is 1. The van der Waals surface area contributed by atoms with Gasteiger partial charge in [0.25, 0.3) is 0 Å². The summed E-state index contributed by atoms with van der Waals surface area (Å²) in [4.78, 5) is 10.0. The van der Waals surface area contributed by atoms with Crippen molar-refractivity contribution in [1.29, 1.82) is 0 Å². The summed E-state index contributed by atoms with van der Waals surface area (Å²) in [6.07, 6.45) is 8.39. The second-order valence-electron chi connectivity index (χ2n) is 7.04. The van der Waals surface area contributed by atoms with Gasteiger partial charge >= 0.3 is 0 Å². The molecule has 0 atom stereocenters. The molecule has 0 bridgehead atoms. The van der Waals surface area contributed by atoms with Crippen LogP contribution in [0.1, 0.15) is 79.1 Å². The first kappa shape index (κ1) is 27.8. The number of carbonyl (C=O) groups is 1. The van der Waals surface area contributed by atoms with Crippen molar-refractivity contribution in [3.63, 3.8) is 0 Å². The zero-order chi connectivity index (χ0) is 21.1. The maximum atomic E-state index is 10.0. The standard InChI is InChI=1S/C14H26O2.C10H16O/c1-6-15-14(16-7-2)11-13(5)10-8-9-12(3)4;1-9(2)5-4-6-10(3)7-8-11/h14H,3,5-11H2,1-2,4H3;8H,1,3-7H2,2H3. The van der Waals surface area contributed by atoms with E-state index in [1.54, 1.807) is 0 Å². The lowest BCUT2D eigenvalue weighted by Gasteiger charge is -2.18. The van der Waals surface area contributed by atoms with E-state index < -0.39 is 0 Å². The zero-order valence-corrected chi connectivity index (χ0v) is 18.3. The molecule has 0 saturated carbocycles. The van der Waals surface area contributed by atoms with E-state index in [2.05, 4.69) is 33.2 Å². The highest BCUT2D eigenvalue weighted by atomic mass is 16.7. The van der Waals surface area contributed by atoms with Gasteiger partial charge in [-0.15, -0.1) is 13.2 Å². The monoisotopic (exact) mass is 378 g/mol. The van der Waals surface area contributed by atoms with Gasteiger partial charge in [-0.25, -0.2) is 0 Å². The first-order chi connectivity index (χ1) is 12.8. The summed E-state index contributed by atoms with van der Waals surface area (Å²) < 4.78 is 11.0. The van der Waals surface area contributed by atoms with Gasteiger partial charge in [0.05, 0.1) is 0 Å². The Morgan fingerprint density at radius 2 is 1.26 bits per heavy atom. The van der Waals surface area contributed by atoms with Crippen molar-refractivity contribution in [2.45, 2.75) is 85.4 Å². The van der Waals surface area contributed by atoms with Crippen LogP contribution in [0.4, 0.5) is 0 Å². The molecule has 0 heterocycles. The summed E-state index contributed by atoms with van der Waals surface area (Å²) in [6.45, 7) is 24.9. The SMILES string of the molecule is C=C(C)CCCC(=C)CC(OCC)OCC.C=C(C)CCCC(=C)CC=O. The van der Waals surface area contributed by atoms with Crippen LogP contribution < -0.4 is 0 Å². The smallest absolute Gasteiger partial charge is 0.161 e. The Hall–Kier alpha value is -1.45. The number of rotatable bonds is 16. The fourth-order valence-corrected chi connectivity index (χ4v) is 2.38. The maximum Gasteiger partial charge on any atom is 0.161 e. The summed E-state index contributed by atoms with van der Waals surface area (Å²) in [7, 11) is 0. The molecule has 0 spiro atoms. The Morgan fingerprint density at radius 3 is 1.63 bits per heavy atom. The molecule has 0 aliphatic rings. The summed E-state index contributed by atoms with van der Waals surface area (Å²) in [5, 5.41) is 0. The second kappa shape index (κ2) is 19.3. The highest BCUT2D eigenvalue weighted by molar-refractivity contribution is 5.53. The summed E-state index contributed by atoms with van der Waals surface area (Å²) in [5.74, 6) is 0. The van der Waals surface area contributed by atoms with Gasteiger partial charge in [-0.3, -0.25) is 0 Å². The molecule has 0 unspecified atom stereocenters. The molecule has 0 aromatic rings. The van der Waals surface area contributed by atoms with E-state index in [4.69, 9.17) is 9.47 Å². The average Bonchev–Trinajstić information content (AvgIpc) is 2.55. The summed E-state index contributed by atoms with van der Waals surface area (Å²) >= 11 is 0. The minimum atomic E-state index is -0.118. The van der Waals surface area contributed by atoms with Crippen molar-refractivity contribution >= 4 is 6.29 Å². The van der Waals surface area contributed by atoms with Crippen LogP contribution in [0.15, 0.2) is 48.6 Å². The van der Waals surface area contributed by atoms with Gasteiger partial charge in [0, 0.05) is 26.1 Å². The Balaban J connectivity index is 0. The predicted molar refractivity (Wildman–Crippen MR) is 118 cm³/mol. The number of allylic oxidation sites excluding steroid dienone is 3. The predicted octanol–water partition coefficient (Wildman–Crippen LogP) is 6.96. The van der Waals surface area contributed by atoms with E-state index in [0.717, 1.165) is 56.8 Å². The van der Waals surface area contributed by atoms with E-state index in [-0.39, 0.29) is 6.29 Å². The number of carbonyl (C=O) groups excluding carboxylic acids is 1. The first-order valence-electron chi connectivity index (χ1n) is 10.1. The van der Waals surface area contributed by atoms with Crippen LogP contribution in [-0.4, -0.2) is 25.8 Å². The minimum Gasteiger partial charge on any atom is -0.353 e. The van der Waals surface area contributed by atoms with Crippen LogP contribution in [0, 0.1) is 0 Å². The molecule has 0 N–H and O–H groups in total. The zero-order valence-electron chi connectivity index (χ0n) is 18.3. The van der Waals surface area contributed by atoms with Crippen molar-refractivity contribution in [1.82, 2.24) is 0 Å². The quantitative estimate of drug-likeness (QED) is 0.165. The molecule has 0 aliphatic heterocycles. The first-order valence-corrected chi connectivity index (χ1v) is 10.1. The topological polar surface area (TPSA) is 35.5 Å². The number of ether oxygens (including phenoxy) is 2. The average molecular weight is 379 g/mol.